The van der Waals surface area contributed by atoms with Gasteiger partial charge in [-0.1, -0.05) is 54.1 Å². The molecule has 2 rings (SSSR count). The second-order valence-corrected chi connectivity index (χ2v) is 3.95. The largest absolute Gasteiger partial charge is 0.395 e. The number of aliphatic hydroxyl groups is 1. The summed E-state index contributed by atoms with van der Waals surface area (Å²) in [6.07, 6.45) is 0. The molecule has 1 N–H and O–H groups in total. The monoisotopic (exact) mass is 231 g/mol. The SMILES string of the molecule is OC[C](c1ccccc1)c1ccc(Cl)cc1. The Labute approximate surface area is 100 Å². The third-order valence-corrected chi connectivity index (χ3v) is 2.73. The maximum Gasteiger partial charge on any atom is 0.0592 e. The molecule has 1 radical (unpaired) electrons. The van der Waals surface area contributed by atoms with E-state index in [0.29, 0.717) is 5.02 Å². The highest BCUT2D eigenvalue weighted by Crippen LogP contribution is 2.24. The van der Waals surface area contributed by atoms with E-state index in [1.165, 1.54) is 0 Å². The smallest absolute Gasteiger partial charge is 0.0592 e. The summed E-state index contributed by atoms with van der Waals surface area (Å²) < 4.78 is 0. The van der Waals surface area contributed by atoms with Crippen molar-refractivity contribution in [2.24, 2.45) is 0 Å². The molecular formula is C14H12ClO. The van der Waals surface area contributed by atoms with Gasteiger partial charge in [-0.15, -0.1) is 0 Å². The summed E-state index contributed by atoms with van der Waals surface area (Å²) in [5.41, 5.74) is 2.03. The van der Waals surface area contributed by atoms with Crippen LogP contribution >= 0.6 is 11.6 Å². The molecule has 0 heterocycles. The molecule has 0 unspecified atom stereocenters. The molecule has 16 heavy (non-hydrogen) atoms. The number of benzene rings is 2. The average Bonchev–Trinajstić information content (AvgIpc) is 2.34. The Morgan fingerprint density at radius 2 is 1.44 bits per heavy atom. The standard InChI is InChI=1S/C14H12ClO/c15-13-8-6-12(7-9-13)14(10-16)11-4-2-1-3-5-11/h1-9,16H,10H2. The first-order valence-corrected chi connectivity index (χ1v) is 5.47. The Kier molecular flexibility index (Phi) is 3.60. The zero-order chi connectivity index (χ0) is 11.4. The molecule has 81 valence electrons. The Morgan fingerprint density at radius 1 is 0.875 bits per heavy atom. The summed E-state index contributed by atoms with van der Waals surface area (Å²) in [4.78, 5) is 0. The molecule has 2 heteroatoms. The van der Waals surface area contributed by atoms with Crippen molar-refractivity contribution in [3.63, 3.8) is 0 Å². The topological polar surface area (TPSA) is 20.2 Å². The lowest BCUT2D eigenvalue weighted by Gasteiger charge is -2.14. The number of hydrogen-bond acceptors (Lipinski definition) is 1. The van der Waals surface area contributed by atoms with Gasteiger partial charge in [0, 0.05) is 5.02 Å². The van der Waals surface area contributed by atoms with Gasteiger partial charge in [-0.25, -0.2) is 0 Å². The molecule has 0 saturated heterocycles. The number of rotatable bonds is 3. The van der Waals surface area contributed by atoms with Gasteiger partial charge in [0.15, 0.2) is 0 Å². The van der Waals surface area contributed by atoms with Crippen molar-refractivity contribution in [3.05, 3.63) is 76.7 Å². The molecule has 0 fully saturated rings. The average molecular weight is 232 g/mol. The van der Waals surface area contributed by atoms with Crippen molar-refractivity contribution in [1.29, 1.82) is 0 Å². The van der Waals surface area contributed by atoms with Crippen LogP contribution in [0.2, 0.25) is 5.02 Å². The van der Waals surface area contributed by atoms with Gasteiger partial charge in [0.25, 0.3) is 0 Å². The summed E-state index contributed by atoms with van der Waals surface area (Å²) >= 11 is 5.83. The molecule has 0 aliphatic heterocycles. The molecule has 0 aromatic heterocycles. The predicted molar refractivity (Wildman–Crippen MR) is 66.4 cm³/mol. The maximum atomic E-state index is 9.43. The molecule has 2 aromatic carbocycles. The Hall–Kier alpha value is -1.31. The fourth-order valence-electron chi connectivity index (χ4n) is 1.64. The summed E-state index contributed by atoms with van der Waals surface area (Å²) in [5.74, 6) is 0.914. The van der Waals surface area contributed by atoms with Gasteiger partial charge in [-0.2, -0.15) is 0 Å². The van der Waals surface area contributed by atoms with Gasteiger partial charge in [0.2, 0.25) is 0 Å². The minimum absolute atomic E-state index is 0.0195. The highest BCUT2D eigenvalue weighted by molar-refractivity contribution is 6.30. The molecule has 0 amide bonds. The number of hydrogen-bond donors (Lipinski definition) is 1. The van der Waals surface area contributed by atoms with Crippen LogP contribution in [0.3, 0.4) is 0 Å². The second-order valence-electron chi connectivity index (χ2n) is 3.51. The Bertz CT molecular complexity index is 436. The van der Waals surface area contributed by atoms with Crippen LogP contribution in [0, 0.1) is 5.92 Å². The zero-order valence-electron chi connectivity index (χ0n) is 8.73. The quantitative estimate of drug-likeness (QED) is 0.860. The first-order valence-electron chi connectivity index (χ1n) is 5.09. The molecule has 2 aromatic rings. The second kappa shape index (κ2) is 5.15. The van der Waals surface area contributed by atoms with E-state index in [4.69, 9.17) is 11.6 Å². The summed E-state index contributed by atoms with van der Waals surface area (Å²) in [6.45, 7) is 0.0195. The Morgan fingerprint density at radius 3 is 2.00 bits per heavy atom. The highest BCUT2D eigenvalue weighted by Gasteiger charge is 2.13. The van der Waals surface area contributed by atoms with E-state index in [0.717, 1.165) is 17.0 Å². The van der Waals surface area contributed by atoms with Gasteiger partial charge >= 0.3 is 0 Å². The van der Waals surface area contributed by atoms with Crippen molar-refractivity contribution >= 4 is 11.6 Å². The first kappa shape index (κ1) is 11.2. The lowest BCUT2D eigenvalue weighted by molar-refractivity contribution is 0.318. The summed E-state index contributed by atoms with van der Waals surface area (Å²) in [6, 6.07) is 17.3. The van der Waals surface area contributed by atoms with Gasteiger partial charge in [0.05, 0.1) is 12.5 Å². The minimum Gasteiger partial charge on any atom is -0.395 e. The normalized spacial score (nSPS) is 10.7. The van der Waals surface area contributed by atoms with E-state index in [9.17, 15) is 5.11 Å². The van der Waals surface area contributed by atoms with E-state index in [2.05, 4.69) is 0 Å². The van der Waals surface area contributed by atoms with Crippen LogP contribution in [0.5, 0.6) is 0 Å². The lowest BCUT2D eigenvalue weighted by Crippen LogP contribution is -2.06. The molecule has 1 nitrogen and oxygen atoms in total. The third-order valence-electron chi connectivity index (χ3n) is 2.47. The van der Waals surface area contributed by atoms with Crippen LogP contribution in [0.25, 0.3) is 0 Å². The van der Waals surface area contributed by atoms with Crippen molar-refractivity contribution in [2.75, 3.05) is 6.61 Å². The molecule has 0 saturated carbocycles. The van der Waals surface area contributed by atoms with Crippen LogP contribution in [-0.2, 0) is 0 Å². The highest BCUT2D eigenvalue weighted by atomic mass is 35.5. The van der Waals surface area contributed by atoms with Crippen molar-refractivity contribution in [2.45, 2.75) is 0 Å². The van der Waals surface area contributed by atoms with Gasteiger partial charge in [-0.05, 0) is 23.3 Å². The van der Waals surface area contributed by atoms with Gasteiger partial charge in [0.1, 0.15) is 0 Å². The third kappa shape index (κ3) is 2.43. The zero-order valence-corrected chi connectivity index (χ0v) is 9.48. The molecular weight excluding hydrogens is 220 g/mol. The van der Waals surface area contributed by atoms with Crippen molar-refractivity contribution < 1.29 is 5.11 Å². The molecule has 0 atom stereocenters. The van der Waals surface area contributed by atoms with Crippen LogP contribution in [-0.4, -0.2) is 11.7 Å². The number of aliphatic hydroxyl groups excluding tert-OH is 1. The maximum absolute atomic E-state index is 9.43. The van der Waals surface area contributed by atoms with Crippen molar-refractivity contribution in [3.8, 4) is 0 Å². The molecule has 0 aliphatic carbocycles. The van der Waals surface area contributed by atoms with E-state index in [1.54, 1.807) is 0 Å². The molecule has 0 spiro atoms. The van der Waals surface area contributed by atoms with Crippen LogP contribution in [0.4, 0.5) is 0 Å². The number of halogens is 1. The predicted octanol–water partition coefficient (Wildman–Crippen LogP) is 3.30. The molecule has 0 aliphatic rings. The Balaban J connectivity index is 2.33. The summed E-state index contributed by atoms with van der Waals surface area (Å²) in [7, 11) is 0. The van der Waals surface area contributed by atoms with Crippen molar-refractivity contribution in [1.82, 2.24) is 0 Å². The van der Waals surface area contributed by atoms with E-state index >= 15 is 0 Å². The van der Waals surface area contributed by atoms with Crippen LogP contribution in [0.15, 0.2) is 54.6 Å². The lowest BCUT2D eigenvalue weighted by atomic mass is 9.92. The van der Waals surface area contributed by atoms with E-state index < -0.39 is 0 Å². The van der Waals surface area contributed by atoms with Gasteiger partial charge in [-0.3, -0.25) is 0 Å². The summed E-state index contributed by atoms with van der Waals surface area (Å²) in [5, 5.41) is 10.1. The van der Waals surface area contributed by atoms with E-state index in [-0.39, 0.29) is 6.61 Å². The minimum atomic E-state index is 0.0195. The van der Waals surface area contributed by atoms with Gasteiger partial charge < -0.3 is 5.11 Å². The van der Waals surface area contributed by atoms with E-state index in [1.807, 2.05) is 54.6 Å². The van der Waals surface area contributed by atoms with Crippen LogP contribution in [0.1, 0.15) is 11.1 Å². The fourth-order valence-corrected chi connectivity index (χ4v) is 1.77. The molecule has 0 bridgehead atoms. The first-order chi connectivity index (χ1) is 7.81. The van der Waals surface area contributed by atoms with Crippen LogP contribution < -0.4 is 0 Å². The fraction of sp³-hybridized carbons (Fsp3) is 0.0714.